The van der Waals surface area contributed by atoms with Gasteiger partial charge in [-0.05, 0) is 59.8 Å². The molecule has 2 heterocycles. The number of benzene rings is 6. The van der Waals surface area contributed by atoms with E-state index in [0.29, 0.717) is 0 Å². The Morgan fingerprint density at radius 2 is 0.452 bits per heavy atom. The zero-order chi connectivity index (χ0) is 27.9. The highest BCUT2D eigenvalue weighted by atomic mass is 31.1. The highest BCUT2D eigenvalue weighted by molar-refractivity contribution is 7.95. The van der Waals surface area contributed by atoms with Crippen LogP contribution in [0.15, 0.2) is 170 Å². The molecule has 8 rings (SSSR count). The fourth-order valence-corrected chi connectivity index (χ4v) is 10.9. The van der Waals surface area contributed by atoms with Crippen molar-refractivity contribution in [2.45, 2.75) is 0 Å². The van der Waals surface area contributed by atoms with Crippen LogP contribution >= 0.6 is 15.8 Å². The first-order valence-corrected chi connectivity index (χ1v) is 17.1. The summed E-state index contributed by atoms with van der Waals surface area (Å²) in [6, 6.07) is 62.2. The van der Waals surface area contributed by atoms with Crippen LogP contribution < -0.4 is 10.6 Å². The summed E-state index contributed by atoms with van der Waals surface area (Å²) >= 11 is 0. The molecule has 0 unspecified atom stereocenters. The monoisotopic (exact) mass is 570 g/mol. The summed E-state index contributed by atoms with van der Waals surface area (Å²) in [6.45, 7) is 0. The van der Waals surface area contributed by atoms with E-state index in [1.165, 1.54) is 65.2 Å². The number of rotatable bonds is 7. The van der Waals surface area contributed by atoms with Crippen molar-refractivity contribution in [2.75, 3.05) is 0 Å². The normalized spacial score (nSPS) is 14.8. The molecule has 0 bridgehead atoms. The third kappa shape index (κ3) is 4.68. The zero-order valence-electron chi connectivity index (χ0n) is 23.1. The standard InChI is InChI=1S/C40H28P2/c1-5-13-31(14-6-1)37-38(32-15-7-2-8-16-32)41(37)35-25-21-29(22-26-35)30-23-27-36(28-24-30)42-39(33-17-9-3-10-18-33)40(42)34-19-11-4-12-20-34/h1-28H. The van der Waals surface area contributed by atoms with Crippen LogP contribution in [-0.2, 0) is 0 Å². The molecule has 0 aromatic heterocycles. The van der Waals surface area contributed by atoms with Gasteiger partial charge in [0.15, 0.2) is 0 Å². The molecule has 0 saturated carbocycles. The van der Waals surface area contributed by atoms with Crippen LogP contribution in [0.1, 0.15) is 22.3 Å². The van der Waals surface area contributed by atoms with Crippen molar-refractivity contribution in [2.24, 2.45) is 0 Å². The van der Waals surface area contributed by atoms with Gasteiger partial charge in [0, 0.05) is 21.3 Å². The van der Waals surface area contributed by atoms with Crippen LogP contribution in [0.2, 0.25) is 0 Å². The zero-order valence-corrected chi connectivity index (χ0v) is 24.8. The Bertz CT molecular complexity index is 1680. The quantitative estimate of drug-likeness (QED) is 0.168. The maximum absolute atomic E-state index is 2.35. The minimum Gasteiger partial charge on any atom is -0.0622 e. The van der Waals surface area contributed by atoms with Crippen LogP contribution in [0.5, 0.6) is 0 Å². The summed E-state index contributed by atoms with van der Waals surface area (Å²) < 4.78 is 0. The van der Waals surface area contributed by atoms with Crippen molar-refractivity contribution in [3.8, 4) is 11.1 Å². The Labute approximate surface area is 250 Å². The van der Waals surface area contributed by atoms with Crippen LogP contribution in [0.4, 0.5) is 0 Å². The molecule has 0 saturated heterocycles. The van der Waals surface area contributed by atoms with Crippen LogP contribution in [0, 0.1) is 0 Å². The summed E-state index contributed by atoms with van der Waals surface area (Å²) in [6.07, 6.45) is 0. The van der Waals surface area contributed by atoms with Crippen LogP contribution in [0.3, 0.4) is 0 Å². The van der Waals surface area contributed by atoms with E-state index < -0.39 is 15.8 Å². The molecular formula is C40H28P2. The van der Waals surface area contributed by atoms with Crippen molar-refractivity contribution in [3.05, 3.63) is 192 Å². The largest absolute Gasteiger partial charge is 0.0622 e. The number of hydrogen-bond acceptors (Lipinski definition) is 0. The average molecular weight is 571 g/mol. The fourth-order valence-electron chi connectivity index (χ4n) is 5.90. The molecule has 198 valence electrons. The summed E-state index contributed by atoms with van der Waals surface area (Å²) in [5.41, 5.74) is 7.94. The Balaban J connectivity index is 1.05. The Kier molecular flexibility index (Phi) is 6.53. The minimum absolute atomic E-state index is 0.436. The Morgan fingerprint density at radius 1 is 0.214 bits per heavy atom. The highest BCUT2D eigenvalue weighted by Crippen LogP contribution is 2.78. The lowest BCUT2D eigenvalue weighted by atomic mass is 10.1. The first-order chi connectivity index (χ1) is 20.9. The van der Waals surface area contributed by atoms with Gasteiger partial charge in [-0.3, -0.25) is 0 Å². The number of hydrogen-bond donors (Lipinski definition) is 0. The Hall–Kier alpha value is -4.34. The molecule has 0 nitrogen and oxygen atoms in total. The summed E-state index contributed by atoms with van der Waals surface area (Å²) in [7, 11) is -0.872. The van der Waals surface area contributed by atoms with E-state index in [0.717, 1.165) is 0 Å². The molecule has 6 aromatic carbocycles. The van der Waals surface area contributed by atoms with E-state index in [4.69, 9.17) is 0 Å². The average Bonchev–Trinajstić information content (AvgIpc) is 4.00. The van der Waals surface area contributed by atoms with E-state index in [2.05, 4.69) is 170 Å². The molecular weight excluding hydrogens is 542 g/mol. The van der Waals surface area contributed by atoms with E-state index in [-0.39, 0.29) is 0 Å². The van der Waals surface area contributed by atoms with Gasteiger partial charge in [0.05, 0.1) is 0 Å². The summed E-state index contributed by atoms with van der Waals surface area (Å²) in [5, 5.41) is 8.89. The van der Waals surface area contributed by atoms with Gasteiger partial charge in [-0.25, -0.2) is 0 Å². The molecule has 0 spiro atoms. The third-order valence-corrected chi connectivity index (χ3v) is 12.9. The second-order valence-electron chi connectivity index (χ2n) is 10.6. The van der Waals surface area contributed by atoms with Gasteiger partial charge in [-0.2, -0.15) is 0 Å². The third-order valence-electron chi connectivity index (χ3n) is 8.02. The van der Waals surface area contributed by atoms with Crippen molar-refractivity contribution >= 4 is 47.7 Å². The molecule has 42 heavy (non-hydrogen) atoms. The lowest BCUT2D eigenvalue weighted by Crippen LogP contribution is -1.96. The molecule has 6 aromatic rings. The molecule has 2 aliphatic heterocycles. The predicted octanol–water partition coefficient (Wildman–Crippen LogP) is 10.6. The highest BCUT2D eigenvalue weighted by Gasteiger charge is 2.40. The molecule has 0 N–H and O–H groups in total. The lowest BCUT2D eigenvalue weighted by Gasteiger charge is -2.09. The molecule has 2 aliphatic rings. The maximum Gasteiger partial charge on any atom is 0.00115 e. The van der Waals surface area contributed by atoms with E-state index in [1.54, 1.807) is 0 Å². The SMILES string of the molecule is c1ccc(C2=C(c3ccccc3)P2c2ccc(-c3ccc(P4C(c5ccccc5)=C4c4ccccc4)cc3)cc2)cc1. The van der Waals surface area contributed by atoms with E-state index in [1.807, 2.05) is 0 Å². The van der Waals surface area contributed by atoms with Gasteiger partial charge >= 0.3 is 0 Å². The summed E-state index contributed by atoms with van der Waals surface area (Å²) in [5.74, 6) is 0. The van der Waals surface area contributed by atoms with Crippen molar-refractivity contribution in [1.82, 2.24) is 0 Å². The summed E-state index contributed by atoms with van der Waals surface area (Å²) in [4.78, 5) is 0. The topological polar surface area (TPSA) is 0 Å². The van der Waals surface area contributed by atoms with Crippen molar-refractivity contribution in [3.63, 3.8) is 0 Å². The van der Waals surface area contributed by atoms with Crippen molar-refractivity contribution < 1.29 is 0 Å². The maximum atomic E-state index is 2.35. The molecule has 0 fully saturated rings. The Morgan fingerprint density at radius 3 is 0.690 bits per heavy atom. The van der Waals surface area contributed by atoms with Gasteiger partial charge in [0.25, 0.3) is 0 Å². The second kappa shape index (κ2) is 10.8. The minimum atomic E-state index is -0.436. The smallest absolute Gasteiger partial charge is 0.00115 e. The lowest BCUT2D eigenvalue weighted by molar-refractivity contribution is 1.65. The van der Waals surface area contributed by atoms with Crippen LogP contribution in [0.25, 0.3) is 32.4 Å². The molecule has 0 atom stereocenters. The molecule has 0 aliphatic carbocycles. The van der Waals surface area contributed by atoms with E-state index >= 15 is 0 Å². The molecule has 2 heteroatoms. The van der Waals surface area contributed by atoms with Crippen LogP contribution in [-0.4, -0.2) is 0 Å². The first-order valence-electron chi connectivity index (χ1n) is 14.4. The predicted molar refractivity (Wildman–Crippen MR) is 184 cm³/mol. The van der Waals surface area contributed by atoms with Gasteiger partial charge < -0.3 is 0 Å². The van der Waals surface area contributed by atoms with Gasteiger partial charge in [0.1, 0.15) is 0 Å². The first kappa shape index (κ1) is 25.4. The van der Waals surface area contributed by atoms with Crippen molar-refractivity contribution in [1.29, 1.82) is 0 Å². The van der Waals surface area contributed by atoms with Gasteiger partial charge in [-0.15, -0.1) is 0 Å². The van der Waals surface area contributed by atoms with E-state index in [9.17, 15) is 0 Å². The fraction of sp³-hybridized carbons (Fsp3) is 0. The molecule has 0 radical (unpaired) electrons. The second-order valence-corrected chi connectivity index (χ2v) is 14.8. The van der Waals surface area contributed by atoms with Gasteiger partial charge in [0.2, 0.25) is 0 Å². The van der Waals surface area contributed by atoms with Gasteiger partial charge in [-0.1, -0.05) is 170 Å². The molecule has 0 amide bonds.